The van der Waals surface area contributed by atoms with E-state index >= 15 is 0 Å². The van der Waals surface area contributed by atoms with Crippen LogP contribution in [0.25, 0.3) is 27.7 Å². The Labute approximate surface area is 216 Å². The largest absolute Gasteiger partial charge is 0.507 e. The van der Waals surface area contributed by atoms with Crippen molar-refractivity contribution >= 4 is 45.2 Å². The van der Waals surface area contributed by atoms with Crippen molar-refractivity contribution in [2.45, 2.75) is 13.8 Å². The first-order valence-electron chi connectivity index (χ1n) is 11.2. The molecule has 0 saturated heterocycles. The average Bonchev–Trinajstić information content (AvgIpc) is 2.85. The summed E-state index contributed by atoms with van der Waals surface area (Å²) >= 11 is 0. The lowest BCUT2D eigenvalue weighted by molar-refractivity contribution is 0.0694. The molecule has 0 saturated carbocycles. The summed E-state index contributed by atoms with van der Waals surface area (Å²) in [6.45, 7) is 2.10. The van der Waals surface area contributed by atoms with Crippen molar-refractivity contribution < 1.29 is 54.2 Å². The molecular weight excluding hydrogens is 516 g/mol. The third-order valence-electron chi connectivity index (χ3n) is 6.54. The van der Waals surface area contributed by atoms with Gasteiger partial charge < -0.3 is 39.8 Å². The number of aromatic carboxylic acids is 1. The van der Waals surface area contributed by atoms with Gasteiger partial charge in [0.25, 0.3) is 0 Å². The number of carbonyl (C=O) groups is 3. The molecule has 1 aromatic heterocycles. The molecule has 0 radical (unpaired) electrons. The molecule has 198 valence electrons. The number of aliphatic hydroxyl groups excluding tert-OH is 1. The van der Waals surface area contributed by atoms with Gasteiger partial charge in [0.15, 0.2) is 34.6 Å². The van der Waals surface area contributed by atoms with E-state index in [0.29, 0.717) is 0 Å². The maximum atomic E-state index is 13.6. The fraction of sp³-hybridized carbons (Fsp3) is 0.111. The van der Waals surface area contributed by atoms with Crippen LogP contribution in [0.2, 0.25) is 0 Å². The van der Waals surface area contributed by atoms with Crippen LogP contribution in [0.4, 0.5) is 0 Å². The van der Waals surface area contributed by atoms with Crippen LogP contribution >= 0.6 is 0 Å². The summed E-state index contributed by atoms with van der Waals surface area (Å²) < 4.78 is 11.2. The molecule has 1 aliphatic heterocycles. The molecule has 12 nitrogen and oxygen atoms in total. The summed E-state index contributed by atoms with van der Waals surface area (Å²) in [4.78, 5) is 51.7. The van der Waals surface area contributed by atoms with Crippen LogP contribution in [0, 0.1) is 6.92 Å². The summed E-state index contributed by atoms with van der Waals surface area (Å²) in [6, 6.07) is 3.96. The van der Waals surface area contributed by atoms with Gasteiger partial charge in [-0.1, -0.05) is 0 Å². The van der Waals surface area contributed by atoms with Crippen molar-refractivity contribution in [2.75, 3.05) is 6.61 Å². The molecule has 3 aromatic carbocycles. The van der Waals surface area contributed by atoms with Crippen molar-refractivity contribution in [3.05, 3.63) is 67.9 Å². The Morgan fingerprint density at radius 2 is 1.56 bits per heavy atom. The molecule has 0 unspecified atom stereocenters. The number of hydrogen-bond acceptors (Lipinski definition) is 11. The van der Waals surface area contributed by atoms with Gasteiger partial charge >= 0.3 is 5.97 Å². The smallest absolute Gasteiger partial charge is 0.340 e. The topological polar surface area (TPSA) is 212 Å². The summed E-state index contributed by atoms with van der Waals surface area (Å²) in [5, 5.41) is 59.0. The number of ether oxygens (including phenoxy) is 1. The van der Waals surface area contributed by atoms with E-state index in [0.717, 1.165) is 31.2 Å². The van der Waals surface area contributed by atoms with E-state index in [4.69, 9.17) is 9.15 Å². The summed E-state index contributed by atoms with van der Waals surface area (Å²) in [6.07, 6.45) is 0. The van der Waals surface area contributed by atoms with Crippen molar-refractivity contribution in [2.24, 2.45) is 0 Å². The second-order valence-corrected chi connectivity index (χ2v) is 8.87. The number of carbonyl (C=O) groups excluding carboxylic acids is 2. The first kappa shape index (κ1) is 25.1. The normalized spacial score (nSPS) is 12.9. The Morgan fingerprint density at radius 1 is 0.897 bits per heavy atom. The van der Waals surface area contributed by atoms with E-state index in [-0.39, 0.29) is 44.5 Å². The zero-order valence-electron chi connectivity index (χ0n) is 20.1. The second kappa shape index (κ2) is 8.52. The SMILES string of the molecule is CC(=O)c1c(C)c(C(=O)C2=C(O)c3cc(O)c(O)cc3OC2)cc2c(=O)c3c(C(=O)O)c(O)c(O)cc3oc12. The highest BCUT2D eigenvalue weighted by Crippen LogP contribution is 2.41. The first-order valence-corrected chi connectivity index (χ1v) is 11.2. The van der Waals surface area contributed by atoms with Gasteiger partial charge in [-0.3, -0.25) is 14.4 Å². The Morgan fingerprint density at radius 3 is 2.21 bits per heavy atom. The van der Waals surface area contributed by atoms with E-state index in [1.54, 1.807) is 0 Å². The molecule has 0 aliphatic carbocycles. The highest BCUT2D eigenvalue weighted by Gasteiger charge is 2.31. The summed E-state index contributed by atoms with van der Waals surface area (Å²) in [5.74, 6) is -6.79. The Bertz CT molecular complexity index is 1910. The number of Topliss-reactive ketones (excluding diaryl/α,β-unsaturated/α-hetero) is 2. The van der Waals surface area contributed by atoms with Crippen LogP contribution in [0.3, 0.4) is 0 Å². The molecule has 1 aliphatic rings. The molecule has 12 heteroatoms. The van der Waals surface area contributed by atoms with E-state index in [1.807, 2.05) is 0 Å². The summed E-state index contributed by atoms with van der Waals surface area (Å²) in [5.41, 5.74) is -3.32. The van der Waals surface area contributed by atoms with Crippen LogP contribution in [-0.4, -0.2) is 54.8 Å². The van der Waals surface area contributed by atoms with E-state index < -0.39 is 74.9 Å². The van der Waals surface area contributed by atoms with Gasteiger partial charge in [0, 0.05) is 17.7 Å². The van der Waals surface area contributed by atoms with Crippen molar-refractivity contribution in [3.8, 4) is 28.7 Å². The third kappa shape index (κ3) is 3.61. The van der Waals surface area contributed by atoms with Gasteiger partial charge in [0.2, 0.25) is 5.43 Å². The second-order valence-electron chi connectivity index (χ2n) is 8.87. The molecule has 0 bridgehead atoms. The summed E-state index contributed by atoms with van der Waals surface area (Å²) in [7, 11) is 0. The lowest BCUT2D eigenvalue weighted by atomic mass is 9.89. The predicted molar refractivity (Wildman–Crippen MR) is 134 cm³/mol. The molecule has 39 heavy (non-hydrogen) atoms. The Hall–Kier alpha value is -5.52. The average molecular weight is 534 g/mol. The highest BCUT2D eigenvalue weighted by molar-refractivity contribution is 6.19. The van der Waals surface area contributed by atoms with Gasteiger partial charge in [0.05, 0.1) is 27.5 Å². The van der Waals surface area contributed by atoms with E-state index in [1.165, 1.54) is 6.92 Å². The number of phenols is 4. The van der Waals surface area contributed by atoms with Crippen LogP contribution in [0.1, 0.15) is 49.1 Å². The van der Waals surface area contributed by atoms with Crippen LogP contribution < -0.4 is 10.2 Å². The maximum Gasteiger partial charge on any atom is 0.340 e. The number of ketones is 2. The lowest BCUT2D eigenvalue weighted by Crippen LogP contribution is -2.20. The molecule has 0 atom stereocenters. The molecule has 0 amide bonds. The number of carboxylic acids is 1. The zero-order chi connectivity index (χ0) is 28.5. The number of rotatable bonds is 4. The van der Waals surface area contributed by atoms with Crippen LogP contribution in [0.15, 0.2) is 39.1 Å². The van der Waals surface area contributed by atoms with Gasteiger partial charge in [-0.25, -0.2) is 4.79 Å². The molecule has 4 aromatic rings. The minimum absolute atomic E-state index is 0.00427. The standard InChI is InChI=1S/C27H18O12/c1-8-10(22(32)13-7-38-17-5-15(30)14(29)4-11(17)23(13)33)3-12-24(34)20-18(39-26(12)19(8)9(2)28)6-16(31)25(35)21(20)27(36)37/h3-6,29-31,33,35H,7H2,1-2H3,(H,36,37). The first-order chi connectivity index (χ1) is 18.3. The molecular formula is C27H18O12. The monoisotopic (exact) mass is 534 g/mol. The molecule has 5 rings (SSSR count). The number of aromatic hydroxyl groups is 4. The number of aliphatic hydroxyl groups is 1. The van der Waals surface area contributed by atoms with Gasteiger partial charge in [-0.15, -0.1) is 0 Å². The Balaban J connectivity index is 1.84. The van der Waals surface area contributed by atoms with Crippen molar-refractivity contribution in [1.29, 1.82) is 0 Å². The zero-order valence-corrected chi connectivity index (χ0v) is 20.1. The van der Waals surface area contributed by atoms with Gasteiger partial charge in [0.1, 0.15) is 34.8 Å². The van der Waals surface area contributed by atoms with Crippen LogP contribution in [-0.2, 0) is 0 Å². The number of carboxylic acid groups (broad SMARTS) is 1. The van der Waals surface area contributed by atoms with Crippen LogP contribution in [0.5, 0.6) is 28.7 Å². The van der Waals surface area contributed by atoms with Crippen molar-refractivity contribution in [1.82, 2.24) is 0 Å². The quantitative estimate of drug-likeness (QED) is 0.126. The third-order valence-corrected chi connectivity index (χ3v) is 6.54. The maximum absolute atomic E-state index is 13.6. The van der Waals surface area contributed by atoms with Crippen molar-refractivity contribution in [3.63, 3.8) is 0 Å². The molecule has 6 N–H and O–H groups in total. The molecule has 2 heterocycles. The van der Waals surface area contributed by atoms with Gasteiger partial charge in [-0.2, -0.15) is 0 Å². The number of benzene rings is 3. The number of phenolic OH excluding ortho intramolecular Hbond substituents is 3. The minimum atomic E-state index is -1.74. The fourth-order valence-corrected chi connectivity index (χ4v) is 4.66. The van der Waals surface area contributed by atoms with Gasteiger partial charge in [-0.05, 0) is 31.5 Å². The number of hydrogen-bond donors (Lipinski definition) is 6. The lowest BCUT2D eigenvalue weighted by Gasteiger charge is -2.21. The minimum Gasteiger partial charge on any atom is -0.507 e. The van der Waals surface area contributed by atoms with E-state index in [9.17, 15) is 49.8 Å². The fourth-order valence-electron chi connectivity index (χ4n) is 4.66. The Kier molecular flexibility index (Phi) is 5.49. The van der Waals surface area contributed by atoms with E-state index in [2.05, 4.69) is 0 Å². The molecule has 0 spiro atoms. The molecule has 0 fully saturated rings. The predicted octanol–water partition coefficient (Wildman–Crippen LogP) is 3.52. The highest BCUT2D eigenvalue weighted by atomic mass is 16.5. The number of fused-ring (bicyclic) bond motifs is 3.